The summed E-state index contributed by atoms with van der Waals surface area (Å²) in [5.41, 5.74) is 0.516. The lowest BCUT2D eigenvalue weighted by Gasteiger charge is -2.20. The number of ether oxygens (including phenoxy) is 1. The summed E-state index contributed by atoms with van der Waals surface area (Å²) in [4.78, 5) is -0.0720. The molecule has 8 heteroatoms. The molecule has 2 aromatic rings. The maximum absolute atomic E-state index is 12.6. The first-order valence-electron chi connectivity index (χ1n) is 7.43. The van der Waals surface area contributed by atoms with Gasteiger partial charge in [0.15, 0.2) is 0 Å². The van der Waals surface area contributed by atoms with Gasteiger partial charge in [-0.3, -0.25) is 0 Å². The van der Waals surface area contributed by atoms with Crippen molar-refractivity contribution < 1.29 is 21.9 Å². The molecule has 1 N–H and O–H groups in total. The predicted molar refractivity (Wildman–Crippen MR) is 87.6 cm³/mol. The quantitative estimate of drug-likeness (QED) is 0.812. The molecule has 0 bridgehead atoms. The van der Waals surface area contributed by atoms with Crippen molar-refractivity contribution >= 4 is 10.0 Å². The van der Waals surface area contributed by atoms with Gasteiger partial charge < -0.3 is 4.74 Å². The molecule has 0 amide bonds. The van der Waals surface area contributed by atoms with Gasteiger partial charge in [0.2, 0.25) is 10.0 Å². The first-order chi connectivity index (χ1) is 11.9. The van der Waals surface area contributed by atoms with Crippen molar-refractivity contribution in [2.45, 2.75) is 30.9 Å². The van der Waals surface area contributed by atoms with Crippen LogP contribution >= 0.6 is 0 Å². The summed E-state index contributed by atoms with van der Waals surface area (Å²) < 4.78 is 57.2. The van der Waals surface area contributed by atoms with Crippen LogP contribution in [0.2, 0.25) is 0 Å². The molecule has 0 aromatic heterocycles. The number of hydrogen-bond donors (Lipinski definition) is 1. The molecule has 0 saturated carbocycles. The Hall–Kier alpha value is -2.50. The average Bonchev–Trinajstić information content (AvgIpc) is 2.60. The number of nitrogens with one attached hydrogen (secondary N) is 1. The number of rotatable bonds is 7. The molecule has 5 nitrogen and oxygen atoms in total. The van der Waals surface area contributed by atoms with Crippen LogP contribution in [-0.2, 0) is 10.0 Å². The second kappa shape index (κ2) is 8.05. The van der Waals surface area contributed by atoms with Gasteiger partial charge in [0.25, 0.3) is 0 Å². The summed E-state index contributed by atoms with van der Waals surface area (Å²) in [5, 5.41) is 8.90. The van der Waals surface area contributed by atoms with E-state index in [2.05, 4.69) is 9.46 Å². The number of nitrogens with zero attached hydrogens (tertiary/aromatic N) is 1. The Kier molecular flexibility index (Phi) is 6.07. The van der Waals surface area contributed by atoms with E-state index in [0.29, 0.717) is 12.0 Å². The van der Waals surface area contributed by atoms with Crippen LogP contribution in [0.5, 0.6) is 5.75 Å². The third-order valence-corrected chi connectivity index (χ3v) is 4.96. The number of benzene rings is 2. The molecule has 0 fully saturated rings. The van der Waals surface area contributed by atoms with Gasteiger partial charge in [-0.1, -0.05) is 31.2 Å². The Bertz CT molecular complexity index is 879. The summed E-state index contributed by atoms with van der Waals surface area (Å²) in [6, 6.07) is 12.7. The Morgan fingerprint density at radius 1 is 1.20 bits per heavy atom. The van der Waals surface area contributed by atoms with Gasteiger partial charge in [-0.15, -0.1) is 0 Å². The third-order valence-electron chi connectivity index (χ3n) is 3.49. The Morgan fingerprint density at radius 2 is 1.92 bits per heavy atom. The standard InChI is InChI=1S/C17H16F2N2O3S/c1-2-15(14-8-3-4-9-16(14)24-17(18)19)21-25(22,23)13-7-5-6-12(10-13)11-20/h3-10,15,17,21H,2H2,1H3. The molecule has 1 atom stereocenters. The van der Waals surface area contributed by atoms with Crippen LogP contribution in [0, 0.1) is 11.3 Å². The molecule has 0 radical (unpaired) electrons. The van der Waals surface area contributed by atoms with E-state index in [1.54, 1.807) is 13.0 Å². The molecule has 2 rings (SSSR count). The third kappa shape index (κ3) is 4.75. The molecule has 25 heavy (non-hydrogen) atoms. The van der Waals surface area contributed by atoms with Crippen LogP contribution in [0.3, 0.4) is 0 Å². The van der Waals surface area contributed by atoms with Gasteiger partial charge in [-0.25, -0.2) is 13.1 Å². The second-order valence-electron chi connectivity index (χ2n) is 5.14. The molecule has 0 spiro atoms. The summed E-state index contributed by atoms with van der Waals surface area (Å²) >= 11 is 0. The number of halogens is 2. The summed E-state index contributed by atoms with van der Waals surface area (Å²) in [7, 11) is -3.94. The van der Waals surface area contributed by atoms with E-state index < -0.39 is 22.7 Å². The SMILES string of the molecule is CCC(NS(=O)(=O)c1cccc(C#N)c1)c1ccccc1OC(F)F. The Labute approximate surface area is 144 Å². The van der Waals surface area contributed by atoms with E-state index in [1.165, 1.54) is 42.5 Å². The van der Waals surface area contributed by atoms with Crippen molar-refractivity contribution in [3.8, 4) is 11.8 Å². The molecule has 2 aromatic carbocycles. The van der Waals surface area contributed by atoms with E-state index in [0.717, 1.165) is 0 Å². The van der Waals surface area contributed by atoms with Crippen LogP contribution in [-0.4, -0.2) is 15.0 Å². The number of hydrogen-bond acceptors (Lipinski definition) is 4. The molecular weight excluding hydrogens is 350 g/mol. The molecule has 0 aliphatic rings. The van der Waals surface area contributed by atoms with Gasteiger partial charge in [-0.05, 0) is 30.7 Å². The van der Waals surface area contributed by atoms with Crippen LogP contribution < -0.4 is 9.46 Å². The van der Waals surface area contributed by atoms with Crippen LogP contribution in [0.15, 0.2) is 53.4 Å². The lowest BCUT2D eigenvalue weighted by molar-refractivity contribution is -0.0506. The van der Waals surface area contributed by atoms with Gasteiger partial charge in [-0.2, -0.15) is 14.0 Å². The van der Waals surface area contributed by atoms with Gasteiger partial charge in [0.05, 0.1) is 22.6 Å². The van der Waals surface area contributed by atoms with Crippen molar-refractivity contribution in [1.29, 1.82) is 5.26 Å². The van der Waals surface area contributed by atoms with Gasteiger partial charge >= 0.3 is 6.61 Å². The zero-order chi connectivity index (χ0) is 18.4. The Balaban J connectivity index is 2.35. The van der Waals surface area contributed by atoms with Gasteiger partial charge in [0.1, 0.15) is 5.75 Å². The van der Waals surface area contributed by atoms with Gasteiger partial charge in [0, 0.05) is 5.56 Å². The minimum Gasteiger partial charge on any atom is -0.434 e. The predicted octanol–water partition coefficient (Wildman–Crippen LogP) is 3.59. The topological polar surface area (TPSA) is 79.2 Å². The molecular formula is C17H16F2N2O3S. The monoisotopic (exact) mass is 366 g/mol. The number of para-hydroxylation sites is 1. The fraction of sp³-hybridized carbons (Fsp3) is 0.235. The maximum atomic E-state index is 12.6. The molecule has 0 heterocycles. The lowest BCUT2D eigenvalue weighted by Crippen LogP contribution is -2.29. The largest absolute Gasteiger partial charge is 0.434 e. The van der Waals surface area contributed by atoms with E-state index >= 15 is 0 Å². The van der Waals surface area contributed by atoms with Crippen molar-refractivity contribution in [2.75, 3.05) is 0 Å². The minimum absolute atomic E-state index is 0.0720. The maximum Gasteiger partial charge on any atom is 0.387 e. The lowest BCUT2D eigenvalue weighted by atomic mass is 10.0. The average molecular weight is 366 g/mol. The van der Waals surface area contributed by atoms with E-state index in [-0.39, 0.29) is 16.2 Å². The number of alkyl halides is 2. The van der Waals surface area contributed by atoms with E-state index in [1.807, 2.05) is 6.07 Å². The van der Waals surface area contributed by atoms with Crippen molar-refractivity contribution in [2.24, 2.45) is 0 Å². The summed E-state index contributed by atoms with van der Waals surface area (Å²) in [6.07, 6.45) is 0.320. The van der Waals surface area contributed by atoms with Crippen molar-refractivity contribution in [1.82, 2.24) is 4.72 Å². The zero-order valence-corrected chi connectivity index (χ0v) is 14.1. The molecule has 0 aliphatic heterocycles. The minimum atomic E-state index is -3.94. The number of sulfonamides is 1. The molecule has 0 saturated heterocycles. The number of nitriles is 1. The fourth-order valence-corrected chi connectivity index (χ4v) is 3.67. The summed E-state index contributed by atoms with van der Waals surface area (Å²) in [5.74, 6) is -0.0853. The normalized spacial score (nSPS) is 12.6. The fourth-order valence-electron chi connectivity index (χ4n) is 2.33. The molecule has 1 unspecified atom stereocenters. The Morgan fingerprint density at radius 3 is 2.56 bits per heavy atom. The zero-order valence-electron chi connectivity index (χ0n) is 13.3. The molecule has 132 valence electrons. The first kappa shape index (κ1) is 18.8. The highest BCUT2D eigenvalue weighted by atomic mass is 32.2. The molecule has 0 aliphatic carbocycles. The van der Waals surface area contributed by atoms with Crippen LogP contribution in [0.4, 0.5) is 8.78 Å². The first-order valence-corrected chi connectivity index (χ1v) is 8.92. The second-order valence-corrected chi connectivity index (χ2v) is 6.85. The van der Waals surface area contributed by atoms with Crippen molar-refractivity contribution in [3.05, 3.63) is 59.7 Å². The van der Waals surface area contributed by atoms with E-state index in [4.69, 9.17) is 5.26 Å². The van der Waals surface area contributed by atoms with Crippen LogP contribution in [0.25, 0.3) is 0 Å². The smallest absolute Gasteiger partial charge is 0.387 e. The van der Waals surface area contributed by atoms with Crippen LogP contribution in [0.1, 0.15) is 30.5 Å². The van der Waals surface area contributed by atoms with Crippen molar-refractivity contribution in [3.63, 3.8) is 0 Å². The highest BCUT2D eigenvalue weighted by Crippen LogP contribution is 2.29. The highest BCUT2D eigenvalue weighted by Gasteiger charge is 2.23. The van der Waals surface area contributed by atoms with E-state index in [9.17, 15) is 17.2 Å². The summed E-state index contributed by atoms with van der Waals surface area (Å²) in [6.45, 7) is -1.29. The highest BCUT2D eigenvalue weighted by molar-refractivity contribution is 7.89.